The highest BCUT2D eigenvalue weighted by molar-refractivity contribution is 5.79. The van der Waals surface area contributed by atoms with Crippen LogP contribution in [0, 0.1) is 5.92 Å². The minimum atomic E-state index is 0.152. The van der Waals surface area contributed by atoms with E-state index in [2.05, 4.69) is 36.3 Å². The maximum Gasteiger partial charge on any atom is 0.231 e. The molecule has 1 saturated heterocycles. The van der Waals surface area contributed by atoms with Crippen LogP contribution < -0.4 is 14.8 Å². The highest BCUT2D eigenvalue weighted by Crippen LogP contribution is 2.50. The highest BCUT2D eigenvalue weighted by atomic mass is 16.7. The maximum absolute atomic E-state index is 5.55. The van der Waals surface area contributed by atoms with E-state index >= 15 is 0 Å². The molecule has 1 unspecified atom stereocenters. The van der Waals surface area contributed by atoms with Crippen LogP contribution in [-0.2, 0) is 10.2 Å². The predicted octanol–water partition coefficient (Wildman–Crippen LogP) is 2.38. The third-order valence-electron chi connectivity index (χ3n) is 5.62. The molecule has 2 heterocycles. The van der Waals surface area contributed by atoms with Gasteiger partial charge >= 0.3 is 0 Å². The summed E-state index contributed by atoms with van der Waals surface area (Å²) in [5, 5.41) is 3.44. The van der Waals surface area contributed by atoms with Gasteiger partial charge < -0.3 is 24.4 Å². The average Bonchev–Trinajstić information content (AvgIpc) is 3.05. The van der Waals surface area contributed by atoms with E-state index < -0.39 is 0 Å². The number of nitrogens with zero attached hydrogens (tertiary/aromatic N) is 2. The summed E-state index contributed by atoms with van der Waals surface area (Å²) in [5.41, 5.74) is 1.46. The van der Waals surface area contributed by atoms with Gasteiger partial charge in [0, 0.05) is 38.1 Å². The van der Waals surface area contributed by atoms with Gasteiger partial charge in [-0.25, -0.2) is 0 Å². The fourth-order valence-electron chi connectivity index (χ4n) is 3.81. The van der Waals surface area contributed by atoms with Crippen molar-refractivity contribution < 1.29 is 14.2 Å². The Labute approximate surface area is 155 Å². The lowest BCUT2D eigenvalue weighted by Crippen LogP contribution is -2.42. The van der Waals surface area contributed by atoms with Crippen molar-refractivity contribution in [2.45, 2.75) is 31.6 Å². The summed E-state index contributed by atoms with van der Waals surface area (Å²) in [5.74, 6) is 3.31. The minimum Gasteiger partial charge on any atom is -0.454 e. The normalized spacial score (nSPS) is 23.2. The quantitative estimate of drug-likeness (QED) is 0.624. The van der Waals surface area contributed by atoms with Crippen LogP contribution in [0.2, 0.25) is 0 Å². The van der Waals surface area contributed by atoms with E-state index in [9.17, 15) is 0 Å². The molecule has 0 amide bonds. The molecule has 26 heavy (non-hydrogen) atoms. The topological polar surface area (TPSA) is 55.3 Å². The SMILES string of the molecule is CCNC(=NCC1(c2ccc3c(c2)OCO3)CC1)N(C)CC1CCOC1. The molecule has 1 aromatic rings. The van der Waals surface area contributed by atoms with Crippen LogP contribution in [0.4, 0.5) is 0 Å². The van der Waals surface area contributed by atoms with Gasteiger partial charge in [0.15, 0.2) is 17.5 Å². The number of guanidine groups is 1. The first-order chi connectivity index (χ1) is 12.7. The number of benzene rings is 1. The minimum absolute atomic E-state index is 0.152. The lowest BCUT2D eigenvalue weighted by Gasteiger charge is -2.25. The second-order valence-electron chi connectivity index (χ2n) is 7.63. The van der Waals surface area contributed by atoms with Crippen molar-refractivity contribution in [3.8, 4) is 11.5 Å². The van der Waals surface area contributed by atoms with Crippen LogP contribution in [0.25, 0.3) is 0 Å². The molecule has 6 heteroatoms. The van der Waals surface area contributed by atoms with Crippen LogP contribution in [-0.4, -0.2) is 57.5 Å². The molecule has 3 aliphatic rings. The summed E-state index contributed by atoms with van der Waals surface area (Å²) in [6.07, 6.45) is 3.50. The molecule has 1 N–H and O–H groups in total. The Morgan fingerprint density at radius 1 is 1.31 bits per heavy atom. The van der Waals surface area contributed by atoms with Crippen LogP contribution in [0.3, 0.4) is 0 Å². The Morgan fingerprint density at radius 3 is 2.88 bits per heavy atom. The number of hydrogen-bond acceptors (Lipinski definition) is 4. The Balaban J connectivity index is 1.45. The molecule has 1 atom stereocenters. The molecule has 0 radical (unpaired) electrons. The molecule has 1 saturated carbocycles. The largest absolute Gasteiger partial charge is 0.454 e. The zero-order valence-corrected chi connectivity index (χ0v) is 15.8. The molecule has 4 rings (SSSR count). The summed E-state index contributed by atoms with van der Waals surface area (Å²) >= 11 is 0. The second kappa shape index (κ2) is 7.35. The summed E-state index contributed by atoms with van der Waals surface area (Å²) in [6.45, 7) is 6.87. The monoisotopic (exact) mass is 359 g/mol. The van der Waals surface area contributed by atoms with Crippen molar-refractivity contribution in [3.05, 3.63) is 23.8 Å². The van der Waals surface area contributed by atoms with E-state index in [1.165, 1.54) is 18.4 Å². The van der Waals surface area contributed by atoms with E-state index in [0.717, 1.165) is 56.7 Å². The third kappa shape index (κ3) is 3.61. The van der Waals surface area contributed by atoms with E-state index in [4.69, 9.17) is 19.2 Å². The lowest BCUT2D eigenvalue weighted by atomic mass is 9.96. The van der Waals surface area contributed by atoms with Crippen molar-refractivity contribution in [1.82, 2.24) is 10.2 Å². The molecule has 6 nitrogen and oxygen atoms in total. The molecule has 142 valence electrons. The number of rotatable bonds is 6. The van der Waals surface area contributed by atoms with Crippen LogP contribution in [0.5, 0.6) is 11.5 Å². The molecule has 2 aliphatic heterocycles. The van der Waals surface area contributed by atoms with Gasteiger partial charge in [0.25, 0.3) is 0 Å². The number of nitrogens with one attached hydrogen (secondary N) is 1. The first-order valence-electron chi connectivity index (χ1n) is 9.67. The Bertz CT molecular complexity index is 666. The Morgan fingerprint density at radius 2 is 2.15 bits per heavy atom. The fraction of sp³-hybridized carbons (Fsp3) is 0.650. The van der Waals surface area contributed by atoms with E-state index in [0.29, 0.717) is 12.7 Å². The molecular weight excluding hydrogens is 330 g/mol. The first kappa shape index (κ1) is 17.5. The van der Waals surface area contributed by atoms with Crippen LogP contribution in [0.1, 0.15) is 31.7 Å². The average molecular weight is 359 g/mol. The van der Waals surface area contributed by atoms with Crippen LogP contribution in [0.15, 0.2) is 23.2 Å². The van der Waals surface area contributed by atoms with Crippen molar-refractivity contribution in [2.24, 2.45) is 10.9 Å². The van der Waals surface area contributed by atoms with Gasteiger partial charge in [-0.2, -0.15) is 0 Å². The third-order valence-corrected chi connectivity index (χ3v) is 5.62. The Kier molecular flexibility index (Phi) is 4.94. The summed E-state index contributed by atoms with van der Waals surface area (Å²) < 4.78 is 16.5. The molecular formula is C20H29N3O3. The summed E-state index contributed by atoms with van der Waals surface area (Å²) in [4.78, 5) is 7.23. The highest BCUT2D eigenvalue weighted by Gasteiger charge is 2.45. The van der Waals surface area contributed by atoms with Gasteiger partial charge in [-0.1, -0.05) is 6.07 Å². The molecule has 0 spiro atoms. The first-order valence-corrected chi connectivity index (χ1v) is 9.67. The number of ether oxygens (including phenoxy) is 3. The van der Waals surface area contributed by atoms with Crippen molar-refractivity contribution in [1.29, 1.82) is 0 Å². The van der Waals surface area contributed by atoms with Gasteiger partial charge in [-0.3, -0.25) is 4.99 Å². The molecule has 0 aromatic heterocycles. The summed E-state index contributed by atoms with van der Waals surface area (Å²) in [6, 6.07) is 6.33. The Hall–Kier alpha value is -1.95. The van der Waals surface area contributed by atoms with Crippen LogP contribution >= 0.6 is 0 Å². The number of fused-ring (bicyclic) bond motifs is 1. The van der Waals surface area contributed by atoms with Gasteiger partial charge in [0.1, 0.15) is 0 Å². The number of hydrogen-bond donors (Lipinski definition) is 1. The van der Waals surface area contributed by atoms with E-state index in [1.807, 2.05) is 6.07 Å². The van der Waals surface area contributed by atoms with E-state index in [-0.39, 0.29) is 5.41 Å². The summed E-state index contributed by atoms with van der Waals surface area (Å²) in [7, 11) is 2.12. The predicted molar refractivity (Wildman–Crippen MR) is 101 cm³/mol. The van der Waals surface area contributed by atoms with Gasteiger partial charge in [0.05, 0.1) is 13.2 Å². The number of aliphatic imine (C=N–C) groups is 1. The maximum atomic E-state index is 5.55. The molecule has 1 aliphatic carbocycles. The van der Waals surface area contributed by atoms with Crippen molar-refractivity contribution in [3.63, 3.8) is 0 Å². The zero-order valence-electron chi connectivity index (χ0n) is 15.8. The van der Waals surface area contributed by atoms with Crippen molar-refractivity contribution in [2.75, 3.05) is 46.7 Å². The van der Waals surface area contributed by atoms with Gasteiger partial charge in [-0.15, -0.1) is 0 Å². The lowest BCUT2D eigenvalue weighted by molar-refractivity contribution is 0.174. The second-order valence-corrected chi connectivity index (χ2v) is 7.63. The smallest absolute Gasteiger partial charge is 0.231 e. The standard InChI is InChI=1S/C20H29N3O3/c1-3-21-19(23(2)11-15-6-9-24-12-15)22-13-20(7-8-20)16-4-5-17-18(10-16)26-14-25-17/h4-5,10,15H,3,6-9,11-14H2,1-2H3,(H,21,22). The van der Waals surface area contributed by atoms with Crippen molar-refractivity contribution >= 4 is 5.96 Å². The van der Waals surface area contributed by atoms with Gasteiger partial charge in [0.2, 0.25) is 6.79 Å². The van der Waals surface area contributed by atoms with E-state index in [1.54, 1.807) is 0 Å². The fourth-order valence-corrected chi connectivity index (χ4v) is 3.81. The zero-order chi connectivity index (χ0) is 18.0. The molecule has 2 fully saturated rings. The molecule has 1 aromatic carbocycles. The van der Waals surface area contributed by atoms with Gasteiger partial charge in [-0.05, 0) is 43.9 Å². The molecule has 0 bridgehead atoms.